The van der Waals surface area contributed by atoms with Gasteiger partial charge >= 0.3 is 6.09 Å². The number of nitrogens with one attached hydrogen (secondary N) is 1. The van der Waals surface area contributed by atoms with E-state index in [-0.39, 0.29) is 6.09 Å². The van der Waals surface area contributed by atoms with Crippen LogP contribution in [0.1, 0.15) is 13.3 Å². The zero-order chi connectivity index (χ0) is 11.6. The third-order valence-electron chi connectivity index (χ3n) is 1.49. The smallest absolute Gasteiger partial charge is 0.407 e. The number of pyridine rings is 1. The number of aromatic nitrogens is 1. The lowest BCUT2D eigenvalue weighted by Crippen LogP contribution is -2.23. The summed E-state index contributed by atoms with van der Waals surface area (Å²) < 4.78 is 4.86. The molecule has 1 aromatic heterocycles. The van der Waals surface area contributed by atoms with Crippen molar-refractivity contribution in [3.8, 4) is 0 Å². The molecule has 1 aromatic rings. The first-order valence-corrected chi connectivity index (χ1v) is 7.26. The Hall–Kier alpha value is -0.880. The van der Waals surface area contributed by atoms with Crippen LogP contribution >= 0.6 is 21.6 Å². The maximum Gasteiger partial charge on any atom is 0.407 e. The third-order valence-corrected chi connectivity index (χ3v) is 3.51. The second kappa shape index (κ2) is 8.29. The Balaban J connectivity index is 2.06. The van der Waals surface area contributed by atoms with E-state index in [2.05, 4.69) is 10.3 Å². The summed E-state index contributed by atoms with van der Waals surface area (Å²) in [5.74, 6) is 0.504. The van der Waals surface area contributed by atoms with Crippen molar-refractivity contribution in [2.75, 3.05) is 12.5 Å². The lowest BCUT2D eigenvalue weighted by Gasteiger charge is -2.04. The van der Waals surface area contributed by atoms with Crippen LogP contribution in [0.15, 0.2) is 29.4 Å². The largest absolute Gasteiger partial charge is 0.450 e. The average molecular weight is 258 g/mol. The molecule has 0 atom stereocenters. The van der Waals surface area contributed by atoms with E-state index in [4.69, 9.17) is 4.74 Å². The fourth-order valence-corrected chi connectivity index (χ4v) is 2.43. The number of carbonyl (C=O) groups excluding carboxylic acids is 1. The summed E-state index contributed by atoms with van der Waals surface area (Å²) in [6.07, 6.45) is 2.21. The molecular formula is C10H14N2O2S2. The van der Waals surface area contributed by atoms with Crippen molar-refractivity contribution >= 4 is 27.7 Å². The van der Waals surface area contributed by atoms with E-state index >= 15 is 0 Å². The molecule has 0 bridgehead atoms. The van der Waals surface area contributed by atoms with E-state index in [1.165, 1.54) is 21.6 Å². The number of hydrogen-bond donors (Lipinski definition) is 1. The van der Waals surface area contributed by atoms with Crippen molar-refractivity contribution in [3.05, 3.63) is 24.4 Å². The van der Waals surface area contributed by atoms with Crippen LogP contribution < -0.4 is 5.32 Å². The van der Waals surface area contributed by atoms with Crippen molar-refractivity contribution < 1.29 is 9.53 Å². The topological polar surface area (TPSA) is 51.2 Å². The highest BCUT2D eigenvalue weighted by Crippen LogP contribution is 2.27. The minimum atomic E-state index is -0.365. The minimum absolute atomic E-state index is 0.365. The molecule has 0 aromatic carbocycles. The Kier molecular flexibility index (Phi) is 6.83. The van der Waals surface area contributed by atoms with Crippen LogP contribution in [0.5, 0.6) is 0 Å². The van der Waals surface area contributed by atoms with Gasteiger partial charge in [0.15, 0.2) is 0 Å². The van der Waals surface area contributed by atoms with Gasteiger partial charge in [0.25, 0.3) is 0 Å². The van der Waals surface area contributed by atoms with Gasteiger partial charge in [-0.1, -0.05) is 23.8 Å². The highest BCUT2D eigenvalue weighted by atomic mass is 33.1. The van der Waals surface area contributed by atoms with Gasteiger partial charge in [-0.15, -0.1) is 0 Å². The van der Waals surface area contributed by atoms with Gasteiger partial charge in [0.1, 0.15) is 5.03 Å². The molecule has 0 radical (unpaired) electrons. The third kappa shape index (κ3) is 5.87. The minimum Gasteiger partial charge on any atom is -0.450 e. The standard InChI is InChI=1S/C10H14N2O2S2/c1-2-7-14-10(13)12-8-15-16-9-5-3-4-6-11-9/h3-6H,2,7-8H2,1H3,(H,12,13). The zero-order valence-corrected chi connectivity index (χ0v) is 10.6. The summed E-state index contributed by atoms with van der Waals surface area (Å²) in [6.45, 7) is 2.42. The maximum atomic E-state index is 11.0. The number of alkyl carbamates (subject to hydrolysis) is 1. The van der Waals surface area contributed by atoms with E-state index in [1.807, 2.05) is 25.1 Å². The van der Waals surface area contributed by atoms with Gasteiger partial charge in [0, 0.05) is 6.20 Å². The van der Waals surface area contributed by atoms with Crippen molar-refractivity contribution in [1.29, 1.82) is 0 Å². The summed E-state index contributed by atoms with van der Waals surface area (Å²) in [4.78, 5) is 15.2. The van der Waals surface area contributed by atoms with Crippen LogP contribution in [-0.4, -0.2) is 23.6 Å². The van der Waals surface area contributed by atoms with Crippen LogP contribution in [0.4, 0.5) is 4.79 Å². The number of carbonyl (C=O) groups is 1. The van der Waals surface area contributed by atoms with Crippen molar-refractivity contribution in [1.82, 2.24) is 10.3 Å². The van der Waals surface area contributed by atoms with Crippen LogP contribution in [0.25, 0.3) is 0 Å². The van der Waals surface area contributed by atoms with E-state index < -0.39 is 0 Å². The normalized spacial score (nSPS) is 9.81. The summed E-state index contributed by atoms with van der Waals surface area (Å²) in [7, 11) is 3.03. The number of amides is 1. The van der Waals surface area contributed by atoms with Gasteiger partial charge in [-0.05, 0) is 29.3 Å². The molecule has 6 heteroatoms. The molecule has 4 nitrogen and oxygen atoms in total. The number of ether oxygens (including phenoxy) is 1. The monoisotopic (exact) mass is 258 g/mol. The van der Waals surface area contributed by atoms with E-state index in [0.29, 0.717) is 12.5 Å². The van der Waals surface area contributed by atoms with Gasteiger partial charge in [0.05, 0.1) is 12.5 Å². The second-order valence-electron chi connectivity index (χ2n) is 2.83. The number of rotatable bonds is 6. The van der Waals surface area contributed by atoms with Crippen LogP contribution in [-0.2, 0) is 4.74 Å². The SMILES string of the molecule is CCCOC(=O)NCSSc1ccccn1. The molecule has 0 saturated carbocycles. The summed E-state index contributed by atoms with van der Waals surface area (Å²) in [5, 5.41) is 3.57. The highest BCUT2D eigenvalue weighted by Gasteiger charge is 2.00. The fourth-order valence-electron chi connectivity index (χ4n) is 0.820. The fraction of sp³-hybridized carbons (Fsp3) is 0.400. The molecule has 1 amide bonds. The molecule has 16 heavy (non-hydrogen) atoms. The zero-order valence-electron chi connectivity index (χ0n) is 9.01. The van der Waals surface area contributed by atoms with Gasteiger partial charge in [0.2, 0.25) is 0 Å². The highest BCUT2D eigenvalue weighted by molar-refractivity contribution is 8.76. The molecule has 0 aliphatic carbocycles. The molecule has 1 N–H and O–H groups in total. The molecule has 1 heterocycles. The molecule has 1 rings (SSSR count). The van der Waals surface area contributed by atoms with Gasteiger partial charge in [-0.25, -0.2) is 9.78 Å². The molecule has 0 spiro atoms. The lowest BCUT2D eigenvalue weighted by molar-refractivity contribution is 0.148. The predicted octanol–water partition coefficient (Wildman–Crippen LogP) is 2.92. The van der Waals surface area contributed by atoms with Crippen LogP contribution in [0.3, 0.4) is 0 Å². The van der Waals surface area contributed by atoms with E-state index in [9.17, 15) is 4.79 Å². The average Bonchev–Trinajstić information content (AvgIpc) is 2.33. The van der Waals surface area contributed by atoms with Gasteiger partial charge in [-0.3, -0.25) is 0 Å². The summed E-state index contributed by atoms with van der Waals surface area (Å²) in [6, 6.07) is 5.72. The molecule has 0 aliphatic rings. The Morgan fingerprint density at radius 2 is 2.44 bits per heavy atom. The molecule has 0 unspecified atom stereocenters. The van der Waals surface area contributed by atoms with Crippen LogP contribution in [0, 0.1) is 0 Å². The molecule has 88 valence electrons. The molecule has 0 aliphatic heterocycles. The van der Waals surface area contributed by atoms with Crippen molar-refractivity contribution in [2.45, 2.75) is 18.4 Å². The van der Waals surface area contributed by atoms with E-state index in [1.54, 1.807) is 6.20 Å². The van der Waals surface area contributed by atoms with E-state index in [0.717, 1.165) is 11.4 Å². The quantitative estimate of drug-likeness (QED) is 0.483. The lowest BCUT2D eigenvalue weighted by atomic mass is 10.5. The van der Waals surface area contributed by atoms with Crippen molar-refractivity contribution in [3.63, 3.8) is 0 Å². The first kappa shape index (κ1) is 13.2. The maximum absolute atomic E-state index is 11.0. The summed E-state index contributed by atoms with van der Waals surface area (Å²) >= 11 is 0. The second-order valence-corrected chi connectivity index (χ2v) is 5.14. The van der Waals surface area contributed by atoms with Gasteiger partial charge in [-0.2, -0.15) is 0 Å². The Morgan fingerprint density at radius 3 is 3.12 bits per heavy atom. The Labute approximate surface area is 103 Å². The van der Waals surface area contributed by atoms with Crippen molar-refractivity contribution in [2.24, 2.45) is 0 Å². The summed E-state index contributed by atoms with van der Waals surface area (Å²) in [5.41, 5.74) is 0. The predicted molar refractivity (Wildman–Crippen MR) is 67.3 cm³/mol. The molecule has 0 fully saturated rings. The van der Waals surface area contributed by atoms with Gasteiger partial charge < -0.3 is 10.1 Å². The van der Waals surface area contributed by atoms with Crippen LogP contribution in [0.2, 0.25) is 0 Å². The Morgan fingerprint density at radius 1 is 1.56 bits per heavy atom. The molecule has 0 saturated heterocycles. The molecular weight excluding hydrogens is 244 g/mol. The first-order valence-electron chi connectivity index (χ1n) is 4.94. The number of hydrogen-bond acceptors (Lipinski definition) is 5. The number of nitrogens with zero attached hydrogens (tertiary/aromatic N) is 1. The first-order chi connectivity index (χ1) is 7.83. The Bertz CT molecular complexity index is 309.